The van der Waals surface area contributed by atoms with E-state index >= 15 is 0 Å². The van der Waals surface area contributed by atoms with Crippen LogP contribution < -0.4 is 5.32 Å². The molecule has 2 nitrogen and oxygen atoms in total. The zero-order valence-electron chi connectivity index (χ0n) is 24.6. The predicted molar refractivity (Wildman–Crippen MR) is 183 cm³/mol. The third-order valence-electron chi connectivity index (χ3n) is 9.76. The van der Waals surface area contributed by atoms with E-state index in [9.17, 15) is 5.26 Å². The van der Waals surface area contributed by atoms with Gasteiger partial charge >= 0.3 is 0 Å². The molecule has 0 aromatic heterocycles. The van der Waals surface area contributed by atoms with E-state index in [0.29, 0.717) is 12.2 Å². The molecule has 9 rings (SSSR count). The summed E-state index contributed by atoms with van der Waals surface area (Å²) in [6.07, 6.45) is 4.08. The molecule has 2 heteroatoms. The van der Waals surface area contributed by atoms with Gasteiger partial charge in [0, 0.05) is 6.54 Å². The highest BCUT2D eigenvalue weighted by Crippen LogP contribution is 2.63. The van der Waals surface area contributed by atoms with Gasteiger partial charge in [-0.1, -0.05) is 127 Å². The van der Waals surface area contributed by atoms with Gasteiger partial charge in [-0.3, -0.25) is 0 Å². The van der Waals surface area contributed by atoms with E-state index in [1.807, 2.05) is 6.08 Å². The van der Waals surface area contributed by atoms with E-state index in [-0.39, 0.29) is 0 Å². The maximum atomic E-state index is 9.47. The Morgan fingerprint density at radius 2 is 1.02 bits per heavy atom. The number of fused-ring (bicyclic) bond motifs is 10. The molecule has 6 aromatic carbocycles. The Bertz CT molecular complexity index is 2230. The highest BCUT2D eigenvalue weighted by molar-refractivity contribution is 5.97. The van der Waals surface area contributed by atoms with Crippen LogP contribution in [0.25, 0.3) is 50.1 Å². The maximum Gasteiger partial charge on any atom is 0.117 e. The van der Waals surface area contributed by atoms with Crippen LogP contribution in [0.5, 0.6) is 0 Å². The number of nitriles is 1. The first-order valence-electron chi connectivity index (χ1n) is 15.5. The van der Waals surface area contributed by atoms with E-state index in [0.717, 1.165) is 16.7 Å². The Kier molecular flexibility index (Phi) is 5.57. The van der Waals surface area contributed by atoms with E-state index in [1.165, 1.54) is 61.2 Å². The molecule has 1 heterocycles. The SMILES string of the molecule is N#CC1=CC(c2cccc(-c3ccc4c(c3)C3(c5ccccc5-c5ccccc53)c3cc(-c5ccccc5)ccc3-4)c2)=CCN1. The van der Waals surface area contributed by atoms with Crippen LogP contribution in [0.15, 0.2) is 157 Å². The van der Waals surface area contributed by atoms with Crippen molar-refractivity contribution in [3.05, 3.63) is 185 Å². The molecule has 0 saturated carbocycles. The Balaban J connectivity index is 1.29. The van der Waals surface area contributed by atoms with Crippen molar-refractivity contribution in [1.29, 1.82) is 5.26 Å². The second kappa shape index (κ2) is 9.81. The number of dihydropyridines is 1. The van der Waals surface area contributed by atoms with Gasteiger partial charge in [-0.05, 0) is 102 Å². The minimum Gasteiger partial charge on any atom is -0.373 e. The molecular formula is C43H28N2. The largest absolute Gasteiger partial charge is 0.373 e. The van der Waals surface area contributed by atoms with Gasteiger partial charge in [0.1, 0.15) is 11.8 Å². The highest BCUT2D eigenvalue weighted by Gasteiger charge is 2.51. The van der Waals surface area contributed by atoms with Gasteiger partial charge in [0.05, 0.1) is 5.41 Å². The average molecular weight is 573 g/mol. The molecule has 0 radical (unpaired) electrons. The molecule has 0 fully saturated rings. The lowest BCUT2D eigenvalue weighted by Gasteiger charge is -2.31. The fraction of sp³-hybridized carbons (Fsp3) is 0.0465. The maximum absolute atomic E-state index is 9.47. The zero-order chi connectivity index (χ0) is 30.0. The van der Waals surface area contributed by atoms with Crippen LogP contribution in [0.3, 0.4) is 0 Å². The van der Waals surface area contributed by atoms with Crippen LogP contribution in [-0.4, -0.2) is 6.54 Å². The third-order valence-corrected chi connectivity index (χ3v) is 9.76. The number of benzene rings is 6. The van der Waals surface area contributed by atoms with Crippen molar-refractivity contribution < 1.29 is 0 Å². The second-order valence-corrected chi connectivity index (χ2v) is 12.0. The van der Waals surface area contributed by atoms with Crippen LogP contribution in [0.4, 0.5) is 0 Å². The Hall–Kier alpha value is -5.91. The lowest BCUT2D eigenvalue weighted by Crippen LogP contribution is -2.26. The molecule has 3 aliphatic rings. The first-order chi connectivity index (χ1) is 22.3. The molecule has 1 aliphatic heterocycles. The summed E-state index contributed by atoms with van der Waals surface area (Å²) >= 11 is 0. The minimum atomic E-state index is -0.418. The number of rotatable bonds is 3. The Labute approximate surface area is 263 Å². The number of nitrogens with zero attached hydrogens (tertiary/aromatic N) is 1. The summed E-state index contributed by atoms with van der Waals surface area (Å²) in [5.41, 5.74) is 17.7. The molecule has 2 aliphatic carbocycles. The van der Waals surface area contributed by atoms with Gasteiger partial charge in [-0.15, -0.1) is 0 Å². The van der Waals surface area contributed by atoms with Gasteiger partial charge in [0.2, 0.25) is 0 Å². The van der Waals surface area contributed by atoms with Gasteiger partial charge in [-0.25, -0.2) is 0 Å². The number of allylic oxidation sites excluding steroid dienone is 3. The van der Waals surface area contributed by atoms with Gasteiger partial charge < -0.3 is 5.32 Å². The molecular weight excluding hydrogens is 544 g/mol. The van der Waals surface area contributed by atoms with Crippen LogP contribution >= 0.6 is 0 Å². The van der Waals surface area contributed by atoms with Crippen molar-refractivity contribution in [2.75, 3.05) is 6.54 Å². The summed E-state index contributed by atoms with van der Waals surface area (Å²) in [4.78, 5) is 0. The molecule has 6 aromatic rings. The van der Waals surface area contributed by atoms with Crippen LogP contribution in [-0.2, 0) is 5.41 Å². The summed E-state index contributed by atoms with van der Waals surface area (Å²) in [6, 6.07) is 53.7. The van der Waals surface area contributed by atoms with Crippen molar-refractivity contribution in [3.63, 3.8) is 0 Å². The summed E-state index contributed by atoms with van der Waals surface area (Å²) in [5, 5.41) is 12.6. The smallest absolute Gasteiger partial charge is 0.117 e. The topological polar surface area (TPSA) is 35.8 Å². The summed E-state index contributed by atoms with van der Waals surface area (Å²) in [7, 11) is 0. The van der Waals surface area contributed by atoms with E-state index in [2.05, 4.69) is 157 Å². The molecule has 0 bridgehead atoms. The van der Waals surface area contributed by atoms with E-state index < -0.39 is 5.41 Å². The summed E-state index contributed by atoms with van der Waals surface area (Å²) in [6.45, 7) is 0.655. The molecule has 210 valence electrons. The van der Waals surface area contributed by atoms with Crippen molar-refractivity contribution >= 4 is 5.57 Å². The van der Waals surface area contributed by atoms with Crippen molar-refractivity contribution in [1.82, 2.24) is 5.32 Å². The van der Waals surface area contributed by atoms with Gasteiger partial charge in [-0.2, -0.15) is 5.26 Å². The molecule has 0 amide bonds. The highest BCUT2D eigenvalue weighted by atomic mass is 14.9. The molecule has 1 N–H and O–H groups in total. The number of nitrogens with one attached hydrogen (secondary N) is 1. The van der Waals surface area contributed by atoms with Crippen LogP contribution in [0.2, 0.25) is 0 Å². The Morgan fingerprint density at radius 1 is 0.489 bits per heavy atom. The molecule has 0 unspecified atom stereocenters. The lowest BCUT2D eigenvalue weighted by atomic mass is 9.70. The zero-order valence-corrected chi connectivity index (χ0v) is 24.6. The molecule has 0 atom stereocenters. The first kappa shape index (κ1) is 25.6. The second-order valence-electron chi connectivity index (χ2n) is 12.0. The van der Waals surface area contributed by atoms with E-state index in [1.54, 1.807) is 0 Å². The summed E-state index contributed by atoms with van der Waals surface area (Å²) in [5.74, 6) is 0. The molecule has 0 saturated heterocycles. The van der Waals surface area contributed by atoms with Gasteiger partial charge in [0.15, 0.2) is 0 Å². The predicted octanol–water partition coefficient (Wildman–Crippen LogP) is 9.76. The van der Waals surface area contributed by atoms with Crippen molar-refractivity contribution in [3.8, 4) is 50.6 Å². The average Bonchev–Trinajstić information content (AvgIpc) is 3.59. The van der Waals surface area contributed by atoms with Crippen LogP contribution in [0, 0.1) is 11.3 Å². The standard InChI is InChI=1S/C43H28N2/c44-27-34-24-33(21-22-45-34)30-12-8-11-29(23-30)32-18-20-38-37-19-17-31(28-9-2-1-3-10-28)25-41(37)43(42(38)26-32)39-15-6-4-13-35(39)36-14-5-7-16-40(36)43/h1-21,23-26,45H,22H2. The third kappa shape index (κ3) is 3.68. The number of hydrogen-bond donors (Lipinski definition) is 1. The first-order valence-corrected chi connectivity index (χ1v) is 15.5. The fourth-order valence-electron chi connectivity index (χ4n) is 7.82. The number of hydrogen-bond acceptors (Lipinski definition) is 2. The van der Waals surface area contributed by atoms with Crippen LogP contribution in [0.1, 0.15) is 27.8 Å². The van der Waals surface area contributed by atoms with Gasteiger partial charge in [0.25, 0.3) is 0 Å². The normalized spacial score (nSPS) is 14.7. The summed E-state index contributed by atoms with van der Waals surface area (Å²) < 4.78 is 0. The molecule has 45 heavy (non-hydrogen) atoms. The quantitative estimate of drug-likeness (QED) is 0.229. The molecule has 1 spiro atoms. The lowest BCUT2D eigenvalue weighted by molar-refractivity contribution is 0.794. The fourth-order valence-corrected chi connectivity index (χ4v) is 7.82. The minimum absolute atomic E-state index is 0.418. The Morgan fingerprint density at radius 3 is 1.69 bits per heavy atom. The van der Waals surface area contributed by atoms with Crippen molar-refractivity contribution in [2.45, 2.75) is 5.41 Å². The van der Waals surface area contributed by atoms with Crippen molar-refractivity contribution in [2.24, 2.45) is 0 Å². The van der Waals surface area contributed by atoms with E-state index in [4.69, 9.17) is 0 Å². The monoisotopic (exact) mass is 572 g/mol.